The second kappa shape index (κ2) is 10.7. The van der Waals surface area contributed by atoms with Gasteiger partial charge in [0.1, 0.15) is 23.9 Å². The molecule has 0 bridgehead atoms. The van der Waals surface area contributed by atoms with Crippen molar-refractivity contribution in [1.82, 2.24) is 20.6 Å². The zero-order valence-electron chi connectivity index (χ0n) is 19.8. The van der Waals surface area contributed by atoms with Gasteiger partial charge in [0.05, 0.1) is 22.9 Å². The topological polar surface area (TPSA) is 132 Å². The minimum Gasteiger partial charge on any atom is -0.382 e. The molecule has 4 rings (SSSR count). The maximum atomic E-state index is 13.1. The van der Waals surface area contributed by atoms with E-state index < -0.39 is 6.17 Å². The van der Waals surface area contributed by atoms with Gasteiger partial charge in [-0.15, -0.1) is 0 Å². The second-order valence-electron chi connectivity index (χ2n) is 9.47. The summed E-state index contributed by atoms with van der Waals surface area (Å²) < 4.78 is 13.1. The molecule has 2 aliphatic rings. The number of amides is 2. The maximum absolute atomic E-state index is 13.1. The van der Waals surface area contributed by atoms with Gasteiger partial charge in [0.2, 0.25) is 5.91 Å². The maximum Gasteiger partial charge on any atom is 0.255 e. The number of nitrogens with zero attached hydrogens (tertiary/aromatic N) is 3. The van der Waals surface area contributed by atoms with Crippen molar-refractivity contribution in [2.75, 3.05) is 10.6 Å². The lowest BCUT2D eigenvalue weighted by Gasteiger charge is -2.28. The Morgan fingerprint density at radius 3 is 2.40 bits per heavy atom. The van der Waals surface area contributed by atoms with Crippen LogP contribution in [-0.4, -0.2) is 46.1 Å². The van der Waals surface area contributed by atoms with E-state index in [-0.39, 0.29) is 35.9 Å². The van der Waals surface area contributed by atoms with E-state index >= 15 is 0 Å². The first-order valence-corrected chi connectivity index (χ1v) is 12.0. The SMILES string of the molecule is CC(C)Nc1cc(Nc2ccc(C#N)cn2)ncc1C(=O)NC1CCC(C(=O)N[C@H]2C[C@H]2F)CC1. The highest BCUT2D eigenvalue weighted by atomic mass is 19.1. The Balaban J connectivity index is 1.37. The summed E-state index contributed by atoms with van der Waals surface area (Å²) in [6.45, 7) is 3.97. The predicted octanol–water partition coefficient (Wildman–Crippen LogP) is 3.43. The quantitative estimate of drug-likeness (QED) is 0.456. The fourth-order valence-electron chi connectivity index (χ4n) is 4.18. The molecule has 184 valence electrons. The minimum absolute atomic E-state index is 0.0334. The van der Waals surface area contributed by atoms with Crippen LogP contribution in [0.3, 0.4) is 0 Å². The van der Waals surface area contributed by atoms with E-state index in [0.29, 0.717) is 60.6 Å². The van der Waals surface area contributed by atoms with Crippen LogP contribution in [0.5, 0.6) is 0 Å². The molecule has 0 unspecified atom stereocenters. The summed E-state index contributed by atoms with van der Waals surface area (Å²) in [6.07, 6.45) is 5.21. The average Bonchev–Trinajstić information content (AvgIpc) is 3.53. The molecular weight excluding hydrogens is 449 g/mol. The van der Waals surface area contributed by atoms with Gasteiger partial charge in [-0.1, -0.05) is 0 Å². The van der Waals surface area contributed by atoms with Crippen molar-refractivity contribution in [2.45, 2.75) is 70.2 Å². The van der Waals surface area contributed by atoms with Crippen LogP contribution in [0.4, 0.5) is 21.7 Å². The lowest BCUT2D eigenvalue weighted by Crippen LogP contribution is -2.41. The first-order chi connectivity index (χ1) is 16.8. The molecule has 35 heavy (non-hydrogen) atoms. The van der Waals surface area contributed by atoms with E-state index in [1.165, 1.54) is 12.4 Å². The van der Waals surface area contributed by atoms with Gasteiger partial charge in [0.25, 0.3) is 5.91 Å². The second-order valence-corrected chi connectivity index (χ2v) is 9.47. The van der Waals surface area contributed by atoms with E-state index in [2.05, 4.69) is 31.2 Å². The number of hydrogen-bond donors (Lipinski definition) is 4. The molecule has 4 N–H and O–H groups in total. The van der Waals surface area contributed by atoms with Crippen LogP contribution < -0.4 is 21.3 Å². The monoisotopic (exact) mass is 479 g/mol. The van der Waals surface area contributed by atoms with Gasteiger partial charge < -0.3 is 21.3 Å². The van der Waals surface area contributed by atoms with Crippen molar-refractivity contribution in [3.05, 3.63) is 41.7 Å². The number of anilines is 3. The molecule has 0 radical (unpaired) electrons. The van der Waals surface area contributed by atoms with Crippen molar-refractivity contribution in [2.24, 2.45) is 5.92 Å². The normalized spacial score (nSPS) is 23.2. The van der Waals surface area contributed by atoms with Crippen molar-refractivity contribution >= 4 is 29.1 Å². The molecule has 2 atom stereocenters. The molecule has 2 aromatic heterocycles. The van der Waals surface area contributed by atoms with Crippen LogP contribution in [0.1, 0.15) is 61.9 Å². The largest absolute Gasteiger partial charge is 0.382 e. The van der Waals surface area contributed by atoms with E-state index in [0.717, 1.165) is 0 Å². The minimum atomic E-state index is -0.904. The predicted molar refractivity (Wildman–Crippen MR) is 130 cm³/mol. The number of nitriles is 1. The molecule has 9 nitrogen and oxygen atoms in total. The number of carbonyl (C=O) groups is 2. The Labute approximate surface area is 203 Å². The number of hydrogen-bond acceptors (Lipinski definition) is 7. The number of nitrogens with one attached hydrogen (secondary N) is 4. The highest BCUT2D eigenvalue weighted by Crippen LogP contribution is 2.29. The molecule has 10 heteroatoms. The molecule has 2 aromatic rings. The van der Waals surface area contributed by atoms with Gasteiger partial charge in [0, 0.05) is 42.9 Å². The van der Waals surface area contributed by atoms with Crippen LogP contribution >= 0.6 is 0 Å². The number of aromatic nitrogens is 2. The molecule has 0 aliphatic heterocycles. The summed E-state index contributed by atoms with van der Waals surface area (Å²) in [5, 5.41) is 21.1. The van der Waals surface area contributed by atoms with Crippen LogP contribution in [0.25, 0.3) is 0 Å². The number of alkyl halides is 1. The lowest BCUT2D eigenvalue weighted by molar-refractivity contribution is -0.126. The summed E-state index contributed by atoms with van der Waals surface area (Å²) in [5.74, 6) is 0.618. The first kappa shape index (κ1) is 24.4. The van der Waals surface area contributed by atoms with Crippen molar-refractivity contribution in [1.29, 1.82) is 5.26 Å². The molecule has 2 aliphatic carbocycles. The van der Waals surface area contributed by atoms with Gasteiger partial charge in [-0.25, -0.2) is 14.4 Å². The van der Waals surface area contributed by atoms with E-state index in [4.69, 9.17) is 5.26 Å². The third kappa shape index (κ3) is 6.44. The van der Waals surface area contributed by atoms with E-state index in [1.54, 1.807) is 18.2 Å². The van der Waals surface area contributed by atoms with E-state index in [1.807, 2.05) is 19.9 Å². The van der Waals surface area contributed by atoms with Crippen molar-refractivity contribution in [3.63, 3.8) is 0 Å². The molecule has 2 amide bonds. The fourth-order valence-corrected chi connectivity index (χ4v) is 4.18. The smallest absolute Gasteiger partial charge is 0.255 e. The summed E-state index contributed by atoms with van der Waals surface area (Å²) >= 11 is 0. The summed E-state index contributed by atoms with van der Waals surface area (Å²) in [6, 6.07) is 6.87. The van der Waals surface area contributed by atoms with Crippen LogP contribution in [0.2, 0.25) is 0 Å². The van der Waals surface area contributed by atoms with Gasteiger partial charge >= 0.3 is 0 Å². The Hall–Kier alpha value is -3.74. The Bertz CT molecular complexity index is 1110. The third-order valence-corrected chi connectivity index (χ3v) is 6.21. The fraction of sp³-hybridized carbons (Fsp3) is 0.480. The van der Waals surface area contributed by atoms with Gasteiger partial charge in [-0.3, -0.25) is 9.59 Å². The molecule has 0 spiro atoms. The van der Waals surface area contributed by atoms with Crippen LogP contribution in [-0.2, 0) is 4.79 Å². The van der Waals surface area contributed by atoms with Crippen LogP contribution in [0.15, 0.2) is 30.6 Å². The molecule has 2 heterocycles. The average molecular weight is 480 g/mol. The van der Waals surface area contributed by atoms with Gasteiger partial charge in [-0.2, -0.15) is 5.26 Å². The molecule has 0 saturated heterocycles. The number of carbonyl (C=O) groups excluding carboxylic acids is 2. The lowest BCUT2D eigenvalue weighted by atomic mass is 9.85. The summed E-state index contributed by atoms with van der Waals surface area (Å²) in [7, 11) is 0. The summed E-state index contributed by atoms with van der Waals surface area (Å²) in [4.78, 5) is 33.9. The Kier molecular flexibility index (Phi) is 7.44. The highest BCUT2D eigenvalue weighted by Gasteiger charge is 2.40. The standard InChI is InChI=1S/C25H30FN7O2/c1-14(2)30-20-10-23(33-22-8-3-15(11-27)12-28-22)29-13-18(20)25(35)31-17-6-4-16(5-7-17)24(34)32-21-9-19(21)26/h3,8,10,12-14,16-17,19,21H,4-7,9H2,1-2H3,(H,31,35)(H,32,34)(H2,28,29,30,33)/t16?,17?,19-,21+/m1/s1. The van der Waals surface area contributed by atoms with Crippen molar-refractivity contribution in [3.8, 4) is 6.07 Å². The highest BCUT2D eigenvalue weighted by molar-refractivity contribution is 6.00. The van der Waals surface area contributed by atoms with Crippen LogP contribution in [0, 0.1) is 17.2 Å². The Morgan fingerprint density at radius 2 is 1.80 bits per heavy atom. The van der Waals surface area contributed by atoms with Gasteiger partial charge in [0.15, 0.2) is 0 Å². The summed E-state index contributed by atoms with van der Waals surface area (Å²) in [5.41, 5.74) is 1.53. The molecule has 2 fully saturated rings. The number of rotatable bonds is 8. The zero-order valence-corrected chi connectivity index (χ0v) is 19.8. The zero-order chi connectivity index (χ0) is 24.9. The van der Waals surface area contributed by atoms with Crippen molar-refractivity contribution < 1.29 is 14.0 Å². The number of pyridine rings is 2. The number of halogens is 1. The molecule has 0 aromatic carbocycles. The van der Waals surface area contributed by atoms with E-state index in [9.17, 15) is 14.0 Å². The molecule has 2 saturated carbocycles. The third-order valence-electron chi connectivity index (χ3n) is 6.21. The molecular formula is C25H30FN7O2. The van der Waals surface area contributed by atoms with Gasteiger partial charge in [-0.05, 0) is 51.7 Å². The Morgan fingerprint density at radius 1 is 1.09 bits per heavy atom. The first-order valence-electron chi connectivity index (χ1n) is 12.0.